The minimum absolute atomic E-state index is 0.0974. The zero-order chi connectivity index (χ0) is 13.0. The zero-order valence-electron chi connectivity index (χ0n) is 11.5. The number of aliphatic hydroxyl groups excluding tert-OH is 1. The Labute approximate surface area is 109 Å². The van der Waals surface area contributed by atoms with E-state index in [1.54, 1.807) is 0 Å². The minimum Gasteiger partial charge on any atom is -0.393 e. The maximum atomic E-state index is 9.77. The fraction of sp³-hybridized carbons (Fsp3) is 0.786. The number of aryl methyl sites for hydroxylation is 2. The lowest BCUT2D eigenvalue weighted by atomic mass is 10.1. The van der Waals surface area contributed by atoms with E-state index in [0.29, 0.717) is 5.92 Å². The molecule has 0 aromatic carbocycles. The SMILES string of the molecule is CCc1cc(CNCC2CCCC2O)n(CC)n1. The summed E-state index contributed by atoms with van der Waals surface area (Å²) in [4.78, 5) is 0. The highest BCUT2D eigenvalue weighted by Crippen LogP contribution is 2.24. The molecule has 2 N–H and O–H groups in total. The summed E-state index contributed by atoms with van der Waals surface area (Å²) in [6.45, 7) is 6.94. The standard InChI is InChI=1S/C14H25N3O/c1-3-12-8-13(17(4-2)16-12)10-15-9-11-6-5-7-14(11)18/h8,11,14-15,18H,3-7,9-10H2,1-2H3. The van der Waals surface area contributed by atoms with Gasteiger partial charge < -0.3 is 10.4 Å². The third kappa shape index (κ3) is 3.12. The topological polar surface area (TPSA) is 50.1 Å². The van der Waals surface area contributed by atoms with Gasteiger partial charge in [-0.2, -0.15) is 5.10 Å². The summed E-state index contributed by atoms with van der Waals surface area (Å²) in [6, 6.07) is 2.18. The molecule has 0 spiro atoms. The van der Waals surface area contributed by atoms with Crippen LogP contribution >= 0.6 is 0 Å². The summed E-state index contributed by atoms with van der Waals surface area (Å²) in [7, 11) is 0. The van der Waals surface area contributed by atoms with Crippen molar-refractivity contribution in [2.45, 2.75) is 58.7 Å². The van der Waals surface area contributed by atoms with Gasteiger partial charge in [0.05, 0.1) is 17.5 Å². The van der Waals surface area contributed by atoms with E-state index in [0.717, 1.165) is 44.6 Å². The third-order valence-electron chi connectivity index (χ3n) is 3.91. The third-order valence-corrected chi connectivity index (χ3v) is 3.91. The van der Waals surface area contributed by atoms with Gasteiger partial charge in [-0.05, 0) is 38.2 Å². The van der Waals surface area contributed by atoms with E-state index in [4.69, 9.17) is 0 Å². The number of rotatable bonds is 6. The number of aromatic nitrogens is 2. The van der Waals surface area contributed by atoms with Gasteiger partial charge in [0.25, 0.3) is 0 Å². The van der Waals surface area contributed by atoms with Gasteiger partial charge in [-0.15, -0.1) is 0 Å². The molecule has 1 aromatic heterocycles. The van der Waals surface area contributed by atoms with Crippen LogP contribution in [0.5, 0.6) is 0 Å². The fourth-order valence-electron chi connectivity index (χ4n) is 2.74. The van der Waals surface area contributed by atoms with Crippen LogP contribution in [0.2, 0.25) is 0 Å². The van der Waals surface area contributed by atoms with Gasteiger partial charge in [0.1, 0.15) is 0 Å². The summed E-state index contributed by atoms with van der Waals surface area (Å²) in [6.07, 6.45) is 4.18. The Balaban J connectivity index is 1.83. The first-order chi connectivity index (χ1) is 8.74. The molecule has 0 amide bonds. The highest BCUT2D eigenvalue weighted by atomic mass is 16.3. The molecular formula is C14H25N3O. The average molecular weight is 251 g/mol. The molecule has 0 bridgehead atoms. The monoisotopic (exact) mass is 251 g/mol. The molecule has 1 aliphatic carbocycles. The van der Waals surface area contributed by atoms with Crippen LogP contribution in [-0.2, 0) is 19.5 Å². The van der Waals surface area contributed by atoms with Gasteiger partial charge in [-0.3, -0.25) is 4.68 Å². The number of hydrogen-bond acceptors (Lipinski definition) is 3. The fourth-order valence-corrected chi connectivity index (χ4v) is 2.74. The minimum atomic E-state index is -0.0974. The molecule has 2 unspecified atom stereocenters. The van der Waals surface area contributed by atoms with Crippen molar-refractivity contribution >= 4 is 0 Å². The van der Waals surface area contributed by atoms with Crippen LogP contribution in [0.1, 0.15) is 44.5 Å². The van der Waals surface area contributed by atoms with E-state index < -0.39 is 0 Å². The molecule has 18 heavy (non-hydrogen) atoms. The van der Waals surface area contributed by atoms with Crippen LogP contribution in [0.25, 0.3) is 0 Å². The first-order valence-corrected chi connectivity index (χ1v) is 7.19. The summed E-state index contributed by atoms with van der Waals surface area (Å²) < 4.78 is 2.07. The molecule has 1 saturated carbocycles. The van der Waals surface area contributed by atoms with Crippen molar-refractivity contribution in [3.05, 3.63) is 17.5 Å². The largest absolute Gasteiger partial charge is 0.393 e. The van der Waals surface area contributed by atoms with Gasteiger partial charge in [-0.25, -0.2) is 0 Å². The van der Waals surface area contributed by atoms with Crippen molar-refractivity contribution < 1.29 is 5.11 Å². The Bertz CT molecular complexity index is 375. The van der Waals surface area contributed by atoms with Crippen molar-refractivity contribution in [1.82, 2.24) is 15.1 Å². The van der Waals surface area contributed by atoms with Gasteiger partial charge in [0.2, 0.25) is 0 Å². The first-order valence-electron chi connectivity index (χ1n) is 7.19. The molecule has 0 saturated heterocycles. The summed E-state index contributed by atoms with van der Waals surface area (Å²) in [5, 5.41) is 17.8. The number of nitrogens with zero attached hydrogens (tertiary/aromatic N) is 2. The zero-order valence-corrected chi connectivity index (χ0v) is 11.5. The van der Waals surface area contributed by atoms with E-state index in [1.165, 1.54) is 12.1 Å². The second-order valence-electron chi connectivity index (χ2n) is 5.19. The molecular weight excluding hydrogens is 226 g/mol. The average Bonchev–Trinajstić information content (AvgIpc) is 2.96. The van der Waals surface area contributed by atoms with Crippen LogP contribution in [0.15, 0.2) is 6.07 Å². The van der Waals surface area contributed by atoms with Gasteiger partial charge in [0, 0.05) is 19.6 Å². The van der Waals surface area contributed by atoms with Crippen LogP contribution in [0.4, 0.5) is 0 Å². The Hall–Kier alpha value is -0.870. The Morgan fingerprint density at radius 2 is 2.28 bits per heavy atom. The Kier molecular flexibility index (Phi) is 4.78. The Morgan fingerprint density at radius 1 is 1.44 bits per heavy atom. The van der Waals surface area contributed by atoms with E-state index in [9.17, 15) is 5.11 Å². The van der Waals surface area contributed by atoms with E-state index >= 15 is 0 Å². The van der Waals surface area contributed by atoms with Crippen LogP contribution < -0.4 is 5.32 Å². The summed E-state index contributed by atoms with van der Waals surface area (Å²) in [5.74, 6) is 0.439. The predicted octanol–water partition coefficient (Wildman–Crippen LogP) is 1.72. The molecule has 1 aliphatic rings. The number of hydrogen-bond donors (Lipinski definition) is 2. The lowest BCUT2D eigenvalue weighted by Crippen LogP contribution is -2.28. The van der Waals surface area contributed by atoms with Crippen LogP contribution in [0.3, 0.4) is 0 Å². The van der Waals surface area contributed by atoms with Crippen molar-refractivity contribution in [2.75, 3.05) is 6.54 Å². The lowest BCUT2D eigenvalue weighted by molar-refractivity contribution is 0.131. The van der Waals surface area contributed by atoms with E-state index in [-0.39, 0.29) is 6.10 Å². The van der Waals surface area contributed by atoms with E-state index in [1.807, 2.05) is 0 Å². The van der Waals surface area contributed by atoms with Crippen LogP contribution in [-0.4, -0.2) is 27.5 Å². The van der Waals surface area contributed by atoms with Crippen LogP contribution in [0, 0.1) is 5.92 Å². The second kappa shape index (κ2) is 6.34. The maximum Gasteiger partial charge on any atom is 0.0625 e. The normalized spacial score (nSPS) is 23.7. The highest BCUT2D eigenvalue weighted by molar-refractivity contribution is 5.10. The van der Waals surface area contributed by atoms with E-state index in [2.05, 4.69) is 35.0 Å². The molecule has 2 atom stereocenters. The number of nitrogens with one attached hydrogen (secondary N) is 1. The highest BCUT2D eigenvalue weighted by Gasteiger charge is 2.24. The lowest BCUT2D eigenvalue weighted by Gasteiger charge is -2.15. The van der Waals surface area contributed by atoms with Gasteiger partial charge >= 0.3 is 0 Å². The quantitative estimate of drug-likeness (QED) is 0.809. The summed E-state index contributed by atoms with van der Waals surface area (Å²) >= 11 is 0. The molecule has 1 aromatic rings. The molecule has 4 heteroatoms. The van der Waals surface area contributed by atoms with Gasteiger partial charge in [0.15, 0.2) is 0 Å². The number of aliphatic hydroxyl groups is 1. The molecule has 1 fully saturated rings. The predicted molar refractivity (Wildman–Crippen MR) is 72.3 cm³/mol. The smallest absolute Gasteiger partial charge is 0.0625 e. The molecule has 0 aliphatic heterocycles. The first kappa shape index (κ1) is 13.6. The molecule has 2 rings (SSSR count). The molecule has 0 radical (unpaired) electrons. The van der Waals surface area contributed by atoms with Crippen molar-refractivity contribution in [1.29, 1.82) is 0 Å². The maximum absolute atomic E-state index is 9.77. The van der Waals surface area contributed by atoms with Gasteiger partial charge in [-0.1, -0.05) is 13.3 Å². The van der Waals surface area contributed by atoms with Crippen molar-refractivity contribution in [3.8, 4) is 0 Å². The second-order valence-corrected chi connectivity index (χ2v) is 5.19. The van der Waals surface area contributed by atoms with Crippen molar-refractivity contribution in [3.63, 3.8) is 0 Å². The molecule has 4 nitrogen and oxygen atoms in total. The molecule has 1 heterocycles. The van der Waals surface area contributed by atoms with Crippen molar-refractivity contribution in [2.24, 2.45) is 5.92 Å². The molecule has 102 valence electrons. The Morgan fingerprint density at radius 3 is 2.89 bits per heavy atom. The summed E-state index contributed by atoms with van der Waals surface area (Å²) in [5.41, 5.74) is 2.41.